The molecule has 0 spiro atoms. The molecule has 3 aromatic rings. The first-order valence-corrected chi connectivity index (χ1v) is 7.27. The molecule has 0 bridgehead atoms. The Bertz CT molecular complexity index is 750. The summed E-state index contributed by atoms with van der Waals surface area (Å²) in [6.07, 6.45) is 0. The molecule has 1 aromatic heterocycles. The zero-order valence-corrected chi connectivity index (χ0v) is 12.9. The Morgan fingerprint density at radius 2 is 2.00 bits per heavy atom. The van der Waals surface area contributed by atoms with Crippen LogP contribution in [0.2, 0.25) is 0 Å². The molecule has 1 unspecified atom stereocenters. The minimum absolute atomic E-state index is 0.297. The zero-order valence-electron chi connectivity index (χ0n) is 11.3. The maximum absolute atomic E-state index is 4.23. The van der Waals surface area contributed by atoms with Crippen LogP contribution in [-0.2, 0) is 0 Å². The van der Waals surface area contributed by atoms with Crippen LogP contribution in [0, 0.1) is 0 Å². The average Bonchev–Trinajstić information content (AvgIpc) is 2.90. The van der Waals surface area contributed by atoms with Gasteiger partial charge in [0.15, 0.2) is 0 Å². The monoisotopic (exact) mass is 330 g/mol. The first kappa shape index (κ1) is 13.3. The number of nitrogens with zero attached hydrogens (tertiary/aromatic N) is 3. The van der Waals surface area contributed by atoms with Gasteiger partial charge in [-0.05, 0) is 43.8 Å². The number of benzene rings is 2. The summed E-state index contributed by atoms with van der Waals surface area (Å²) in [6, 6.07) is 14.5. The van der Waals surface area contributed by atoms with Crippen LogP contribution in [0.3, 0.4) is 0 Å². The molecule has 0 aliphatic rings. The quantitative estimate of drug-likeness (QED) is 0.799. The van der Waals surface area contributed by atoms with Crippen LogP contribution in [-0.4, -0.2) is 22.0 Å². The number of fused-ring (bicyclic) bond motifs is 1. The molecule has 3 rings (SSSR count). The van der Waals surface area contributed by atoms with Gasteiger partial charge in [0.25, 0.3) is 0 Å². The number of aromatic nitrogens is 3. The first-order valence-electron chi connectivity index (χ1n) is 6.48. The summed E-state index contributed by atoms with van der Waals surface area (Å²) in [5, 5.41) is 11.7. The third-order valence-electron chi connectivity index (χ3n) is 3.48. The minimum atomic E-state index is 0.297. The van der Waals surface area contributed by atoms with E-state index in [0.29, 0.717) is 6.04 Å². The molecule has 0 saturated carbocycles. The fraction of sp³-hybridized carbons (Fsp3) is 0.200. The number of nitrogens with one attached hydrogen (secondary N) is 1. The van der Waals surface area contributed by atoms with E-state index in [-0.39, 0.29) is 0 Å². The number of hydrogen-bond acceptors (Lipinski definition) is 3. The lowest BCUT2D eigenvalue weighted by Gasteiger charge is -2.14. The van der Waals surface area contributed by atoms with Gasteiger partial charge < -0.3 is 5.32 Å². The molecule has 0 fully saturated rings. The summed E-state index contributed by atoms with van der Waals surface area (Å²) < 4.78 is 2.92. The first-order chi connectivity index (χ1) is 9.70. The molecule has 0 radical (unpaired) electrons. The Morgan fingerprint density at radius 3 is 2.75 bits per heavy atom. The Hall–Kier alpha value is -1.72. The Kier molecular flexibility index (Phi) is 3.54. The third-order valence-corrected chi connectivity index (χ3v) is 4.17. The van der Waals surface area contributed by atoms with E-state index >= 15 is 0 Å². The van der Waals surface area contributed by atoms with Gasteiger partial charge in [0.2, 0.25) is 0 Å². The van der Waals surface area contributed by atoms with Gasteiger partial charge in [-0.25, -0.2) is 4.68 Å². The van der Waals surface area contributed by atoms with E-state index < -0.39 is 0 Å². The highest BCUT2D eigenvalue weighted by molar-refractivity contribution is 9.10. The molecule has 0 aliphatic heterocycles. The molecule has 20 heavy (non-hydrogen) atoms. The third kappa shape index (κ3) is 2.23. The van der Waals surface area contributed by atoms with Crippen molar-refractivity contribution in [2.75, 3.05) is 7.05 Å². The summed E-state index contributed by atoms with van der Waals surface area (Å²) in [4.78, 5) is 0. The average molecular weight is 331 g/mol. The molecule has 1 heterocycles. The summed E-state index contributed by atoms with van der Waals surface area (Å²) in [5.41, 5.74) is 4.13. The second kappa shape index (κ2) is 5.34. The van der Waals surface area contributed by atoms with E-state index in [4.69, 9.17) is 0 Å². The van der Waals surface area contributed by atoms with Crippen molar-refractivity contribution in [2.24, 2.45) is 0 Å². The molecule has 0 amide bonds. The van der Waals surface area contributed by atoms with E-state index in [0.717, 1.165) is 21.2 Å². The van der Waals surface area contributed by atoms with Crippen LogP contribution in [0.25, 0.3) is 16.7 Å². The smallest absolute Gasteiger partial charge is 0.113 e. The van der Waals surface area contributed by atoms with Crippen molar-refractivity contribution in [3.63, 3.8) is 0 Å². The van der Waals surface area contributed by atoms with Crippen LogP contribution in [0.5, 0.6) is 0 Å². The van der Waals surface area contributed by atoms with E-state index in [1.165, 1.54) is 5.56 Å². The van der Waals surface area contributed by atoms with Gasteiger partial charge in [-0.1, -0.05) is 39.3 Å². The highest BCUT2D eigenvalue weighted by atomic mass is 79.9. The van der Waals surface area contributed by atoms with Gasteiger partial charge in [0.05, 0.1) is 11.2 Å². The number of para-hydroxylation sites is 1. The summed E-state index contributed by atoms with van der Waals surface area (Å²) in [6.45, 7) is 2.13. The number of rotatable bonds is 3. The summed E-state index contributed by atoms with van der Waals surface area (Å²) >= 11 is 3.64. The normalized spacial score (nSPS) is 12.8. The van der Waals surface area contributed by atoms with Crippen molar-refractivity contribution < 1.29 is 0 Å². The molecule has 2 aromatic carbocycles. The van der Waals surface area contributed by atoms with Crippen molar-refractivity contribution >= 4 is 27.0 Å². The van der Waals surface area contributed by atoms with Gasteiger partial charge in [0, 0.05) is 10.5 Å². The predicted molar refractivity (Wildman–Crippen MR) is 84.0 cm³/mol. The second-order valence-electron chi connectivity index (χ2n) is 4.71. The Morgan fingerprint density at radius 1 is 1.20 bits per heavy atom. The maximum Gasteiger partial charge on any atom is 0.113 e. The van der Waals surface area contributed by atoms with Crippen molar-refractivity contribution in [1.29, 1.82) is 0 Å². The lowest BCUT2D eigenvalue weighted by atomic mass is 10.1. The van der Waals surface area contributed by atoms with Crippen LogP contribution in [0.15, 0.2) is 46.9 Å². The molecule has 4 nitrogen and oxygen atoms in total. The molecule has 1 atom stereocenters. The lowest BCUT2D eigenvalue weighted by molar-refractivity contribution is 0.649. The Labute approximate surface area is 125 Å². The Balaban J connectivity index is 2.09. The minimum Gasteiger partial charge on any atom is -0.313 e. The van der Waals surface area contributed by atoms with Crippen LogP contribution in [0.4, 0.5) is 0 Å². The van der Waals surface area contributed by atoms with Gasteiger partial charge in [-0.15, -0.1) is 5.10 Å². The molecular formula is C15H15BrN4. The fourth-order valence-corrected chi connectivity index (χ4v) is 2.92. The standard InChI is InChI=1S/C15H15BrN4/c1-10(17-2)12-8-7-11(9-13(12)16)20-15-6-4-3-5-14(15)18-19-20/h3-10,17H,1-2H3. The number of hydrogen-bond donors (Lipinski definition) is 1. The van der Waals surface area contributed by atoms with Crippen molar-refractivity contribution in [2.45, 2.75) is 13.0 Å². The number of halogens is 1. The topological polar surface area (TPSA) is 42.7 Å². The molecule has 5 heteroatoms. The second-order valence-corrected chi connectivity index (χ2v) is 5.56. The molecule has 102 valence electrons. The summed E-state index contributed by atoms with van der Waals surface area (Å²) in [5.74, 6) is 0. The van der Waals surface area contributed by atoms with E-state index in [2.05, 4.69) is 56.7 Å². The van der Waals surface area contributed by atoms with Crippen LogP contribution < -0.4 is 5.32 Å². The van der Waals surface area contributed by atoms with Gasteiger partial charge in [0.1, 0.15) is 5.52 Å². The van der Waals surface area contributed by atoms with Crippen LogP contribution in [0.1, 0.15) is 18.5 Å². The van der Waals surface area contributed by atoms with Gasteiger partial charge in [-0.2, -0.15) is 0 Å². The van der Waals surface area contributed by atoms with Crippen molar-refractivity contribution in [3.05, 3.63) is 52.5 Å². The van der Waals surface area contributed by atoms with Gasteiger partial charge >= 0.3 is 0 Å². The van der Waals surface area contributed by atoms with Crippen molar-refractivity contribution in [3.8, 4) is 5.69 Å². The summed E-state index contributed by atoms with van der Waals surface area (Å²) in [7, 11) is 1.95. The van der Waals surface area contributed by atoms with E-state index in [1.54, 1.807) is 0 Å². The van der Waals surface area contributed by atoms with Gasteiger partial charge in [-0.3, -0.25) is 0 Å². The molecule has 0 saturated heterocycles. The van der Waals surface area contributed by atoms with E-state index in [9.17, 15) is 0 Å². The lowest BCUT2D eigenvalue weighted by Crippen LogP contribution is -2.13. The van der Waals surface area contributed by atoms with Crippen molar-refractivity contribution in [1.82, 2.24) is 20.3 Å². The maximum atomic E-state index is 4.23. The highest BCUT2D eigenvalue weighted by Crippen LogP contribution is 2.26. The molecule has 1 N–H and O–H groups in total. The zero-order chi connectivity index (χ0) is 14.1. The van der Waals surface area contributed by atoms with E-state index in [1.807, 2.05) is 36.0 Å². The largest absolute Gasteiger partial charge is 0.313 e. The SMILES string of the molecule is CNC(C)c1ccc(-n2nnc3ccccc32)cc1Br. The van der Waals surface area contributed by atoms with Crippen LogP contribution >= 0.6 is 15.9 Å². The molecule has 0 aliphatic carbocycles. The predicted octanol–water partition coefficient (Wildman–Crippen LogP) is 3.46. The highest BCUT2D eigenvalue weighted by Gasteiger charge is 2.10. The molecular weight excluding hydrogens is 316 g/mol. The fourth-order valence-electron chi connectivity index (χ4n) is 2.21.